The molecule has 5 unspecified atom stereocenters. The molecule has 5 rings (SSSR count). The van der Waals surface area contributed by atoms with Crippen molar-refractivity contribution in [2.45, 2.75) is 205 Å². The van der Waals surface area contributed by atoms with Crippen molar-refractivity contribution in [3.05, 3.63) is 89.1 Å². The van der Waals surface area contributed by atoms with Crippen LogP contribution in [-0.4, -0.2) is 164 Å². The van der Waals surface area contributed by atoms with Gasteiger partial charge in [-0.25, -0.2) is 0 Å². The number of carbonyl (C=O) groups excluding carboxylic acids is 6. The number of hydrogen-bond donors (Lipinski definition) is 10. The maximum atomic E-state index is 14.7. The van der Waals surface area contributed by atoms with Crippen LogP contribution in [0.2, 0.25) is 0 Å². The molecule has 0 aromatic heterocycles. The molecule has 466 valence electrons. The number of nitrogens with one attached hydrogen (secondary N) is 6. The third-order valence-electron chi connectivity index (χ3n) is 16.4. The number of nitrogens with zero attached hydrogens (tertiary/aromatic N) is 3. The van der Waals surface area contributed by atoms with Crippen molar-refractivity contribution < 1.29 is 63.2 Å². The van der Waals surface area contributed by atoms with Gasteiger partial charge in [0.2, 0.25) is 17.7 Å². The summed E-state index contributed by atoms with van der Waals surface area (Å²) in [5, 5.41) is 60.3. The molecule has 2 aromatic rings. The molecule has 3 aliphatic heterocycles. The Morgan fingerprint density at radius 1 is 0.881 bits per heavy atom. The molecule has 0 saturated carbocycles. The van der Waals surface area contributed by atoms with E-state index in [0.717, 1.165) is 30.5 Å². The molecule has 3 heterocycles. The van der Waals surface area contributed by atoms with E-state index in [1.54, 1.807) is 55.2 Å². The van der Waals surface area contributed by atoms with Crippen LogP contribution in [0.4, 0.5) is 5.69 Å². The van der Waals surface area contributed by atoms with E-state index in [1.807, 2.05) is 63.2 Å². The summed E-state index contributed by atoms with van der Waals surface area (Å²) in [7, 11) is 3.77. The summed E-state index contributed by atoms with van der Waals surface area (Å²) < 4.78 is 6.34. The van der Waals surface area contributed by atoms with E-state index in [0.29, 0.717) is 86.7 Å². The number of unbranched alkanes of at least 4 members (excludes halogenated alkanes) is 2. The number of ether oxygens (including phenoxy) is 1. The summed E-state index contributed by atoms with van der Waals surface area (Å²) in [5.74, 6) is -4.45. The molecule has 22 heteroatoms. The number of piperidine rings is 1. The van der Waals surface area contributed by atoms with Crippen LogP contribution < -0.4 is 31.9 Å². The smallest absolute Gasteiger partial charge is 0.306 e. The number of carbonyl (C=O) groups is 7. The van der Waals surface area contributed by atoms with Gasteiger partial charge < -0.3 is 61.1 Å². The zero-order valence-electron chi connectivity index (χ0n) is 50.8. The van der Waals surface area contributed by atoms with E-state index < -0.39 is 84.0 Å². The summed E-state index contributed by atoms with van der Waals surface area (Å²) in [6.45, 7) is 18.0. The van der Waals surface area contributed by atoms with Crippen LogP contribution in [0.15, 0.2) is 78.0 Å². The molecule has 0 aliphatic carbocycles. The van der Waals surface area contributed by atoms with Crippen molar-refractivity contribution in [2.24, 2.45) is 17.8 Å². The van der Waals surface area contributed by atoms with E-state index in [1.165, 1.54) is 18.7 Å². The number of anilines is 1. The normalized spacial score (nSPS) is 22.3. The monoisotopic (exact) mass is 1190 g/mol. The van der Waals surface area contributed by atoms with E-state index in [-0.39, 0.29) is 60.6 Å². The molecule has 21 nitrogen and oxygen atoms in total. The average molecular weight is 1190 g/mol. The van der Waals surface area contributed by atoms with E-state index in [4.69, 9.17) is 4.74 Å². The lowest BCUT2D eigenvalue weighted by atomic mass is 9.94. The van der Waals surface area contributed by atoms with E-state index in [9.17, 15) is 54.0 Å². The average Bonchev–Trinajstić information content (AvgIpc) is 3.91. The molecule has 0 spiro atoms. The Morgan fingerprint density at radius 3 is 2.18 bits per heavy atom. The number of hydrogen-bond acceptors (Lipinski definition) is 15. The van der Waals surface area contributed by atoms with Crippen LogP contribution in [0.3, 0.4) is 0 Å². The highest BCUT2D eigenvalue weighted by Crippen LogP contribution is 2.32. The summed E-state index contributed by atoms with van der Waals surface area (Å²) in [6, 6.07) is 13.9. The van der Waals surface area contributed by atoms with Gasteiger partial charge in [0.25, 0.3) is 11.8 Å². The van der Waals surface area contributed by atoms with Gasteiger partial charge >= 0.3 is 11.9 Å². The highest BCUT2D eigenvalue weighted by Gasteiger charge is 2.43. The summed E-state index contributed by atoms with van der Waals surface area (Å²) in [6.07, 6.45) is 4.41. The highest BCUT2D eigenvalue weighted by atomic mass is 32.2. The van der Waals surface area contributed by atoms with Crippen LogP contribution in [0.5, 0.6) is 0 Å². The molecule has 10 N–H and O–H groups in total. The lowest BCUT2D eigenvalue weighted by molar-refractivity contribution is -0.942. The van der Waals surface area contributed by atoms with Gasteiger partial charge in [0.1, 0.15) is 48.8 Å². The fourth-order valence-corrected chi connectivity index (χ4v) is 12.6. The van der Waals surface area contributed by atoms with Crippen molar-refractivity contribution in [2.75, 3.05) is 32.5 Å². The minimum absolute atomic E-state index is 0.0928. The molecule has 0 radical (unpaired) electrons. The summed E-state index contributed by atoms with van der Waals surface area (Å²) >= 11 is 1.35. The number of aliphatic carboxylic acids is 1. The molecule has 2 fully saturated rings. The van der Waals surface area contributed by atoms with Gasteiger partial charge in [-0.1, -0.05) is 103 Å². The molecule has 2 aromatic carbocycles. The highest BCUT2D eigenvalue weighted by molar-refractivity contribution is 8.03. The van der Waals surface area contributed by atoms with Crippen molar-refractivity contribution in [1.82, 2.24) is 36.4 Å². The number of carboxylic acids is 1. The molecule has 12 atom stereocenters. The summed E-state index contributed by atoms with van der Waals surface area (Å²) in [5.41, 5.74) is 2.62. The number of likely N-dealkylation sites (N-methyl/N-ethyl adjacent to an activating group) is 2. The minimum atomic E-state index is -1.18. The number of rotatable bonds is 33. The maximum Gasteiger partial charge on any atom is 0.306 e. The third-order valence-corrected chi connectivity index (χ3v) is 17.6. The lowest BCUT2D eigenvalue weighted by Gasteiger charge is -2.44. The van der Waals surface area contributed by atoms with Crippen LogP contribution in [0.1, 0.15) is 143 Å². The van der Waals surface area contributed by atoms with Crippen molar-refractivity contribution >= 4 is 58.9 Å². The number of amides is 5. The SMILES string of the molecule is C=C(NC(=O)[C@@H](NC(=O)CCCCCN1C(O)CCC1O)C(C)C)C(=O)Nc1ccc(C[N+]2(C)CCCC[C@@H]2C(=O)N[C@@H](CCC)C(=O)N(C)[C@H](C[C@@H](OC(C)=O)C2NC(C(O)N[C@@H](Cc3ccccc3)C[C@H](C)C(=O)O)=CS2)C(C)C)cc1. The molecule has 5 amide bonds. The maximum absolute atomic E-state index is 14.7. The van der Waals surface area contributed by atoms with Crippen molar-refractivity contribution in [1.29, 1.82) is 0 Å². The number of benzene rings is 2. The van der Waals surface area contributed by atoms with Crippen LogP contribution in [-0.2, 0) is 51.3 Å². The number of aliphatic hydroxyl groups is 3. The number of aliphatic hydroxyl groups excluding tert-OH is 3. The van der Waals surface area contributed by atoms with Crippen LogP contribution in [0, 0.1) is 17.8 Å². The first-order chi connectivity index (χ1) is 39.8. The molecule has 0 bridgehead atoms. The van der Waals surface area contributed by atoms with Gasteiger partial charge in [0.15, 0.2) is 6.04 Å². The first-order valence-electron chi connectivity index (χ1n) is 30.0. The van der Waals surface area contributed by atoms with E-state index in [2.05, 4.69) is 45.5 Å². The molecule has 2 saturated heterocycles. The predicted molar refractivity (Wildman–Crippen MR) is 323 cm³/mol. The Labute approximate surface area is 501 Å². The fourth-order valence-electron chi connectivity index (χ4n) is 11.6. The molecular weight excluding hydrogens is 1090 g/mol. The summed E-state index contributed by atoms with van der Waals surface area (Å²) in [4.78, 5) is 96.4. The third kappa shape index (κ3) is 20.7. The van der Waals surface area contributed by atoms with Crippen LogP contribution >= 0.6 is 11.8 Å². The minimum Gasteiger partial charge on any atom is -0.481 e. The Hall–Kier alpha value is -5.88. The van der Waals surface area contributed by atoms with Gasteiger partial charge in [0.05, 0.1) is 30.9 Å². The lowest BCUT2D eigenvalue weighted by Crippen LogP contribution is -2.62. The zero-order chi connectivity index (χ0) is 61.8. The van der Waals surface area contributed by atoms with E-state index >= 15 is 0 Å². The Morgan fingerprint density at radius 2 is 1.56 bits per heavy atom. The Bertz CT molecular complexity index is 2550. The first-order valence-corrected chi connectivity index (χ1v) is 31.0. The standard InChI is InChI=1S/C62H95N9O12S/c1-11-20-47(61(80)69(9)49(38(2)3)35-51(83-42(8)72)60-67-48(37-84-60)57(77)65-46(33-40(6)62(81)82)34-43-21-14-12-15-22-43)66-58(78)50-23-17-19-32-71(50,10)36-44-25-27-45(28-26-44)64-56(76)41(7)63-59(79)55(39(4)5)68-52(73)24-16-13-18-31-70-53(74)29-30-54(70)75/h12,14-15,21-22,25-28,37-40,46-47,49-51,53-55,57,60,65,67,74-75,77H,7,11,13,16-20,23-24,29-36H2,1-6,8-10H3,(H4-,63,64,66,68,73,76,78,79,81,82)/p+1/t40-,46+,47-,49+,50+,51+,53?,54?,55-,57?,60?,71?/m0/s1. The largest absolute Gasteiger partial charge is 0.481 e. The van der Waals surface area contributed by atoms with Crippen molar-refractivity contribution in [3.8, 4) is 0 Å². The predicted octanol–water partition coefficient (Wildman–Crippen LogP) is 5.41. The Kier molecular flexibility index (Phi) is 27.2. The second-order valence-corrected chi connectivity index (χ2v) is 25.1. The van der Waals surface area contributed by atoms with Gasteiger partial charge in [-0.15, -0.1) is 11.8 Å². The van der Waals surface area contributed by atoms with Gasteiger partial charge in [-0.05, 0) is 92.7 Å². The number of esters is 1. The topological polar surface area (TPSA) is 288 Å². The second-order valence-electron chi connectivity index (χ2n) is 24.1. The molecule has 84 heavy (non-hydrogen) atoms. The van der Waals surface area contributed by atoms with Gasteiger partial charge in [-0.3, -0.25) is 43.8 Å². The number of quaternary nitrogens is 1. The quantitative estimate of drug-likeness (QED) is 0.0141. The Balaban J connectivity index is 1.15. The zero-order valence-corrected chi connectivity index (χ0v) is 51.6. The molecule has 3 aliphatic rings. The second kappa shape index (κ2) is 33.1. The van der Waals surface area contributed by atoms with Crippen molar-refractivity contribution in [3.63, 3.8) is 0 Å². The van der Waals surface area contributed by atoms with Crippen LogP contribution in [0.25, 0.3) is 0 Å². The number of carboxylic acid groups (broad SMARTS) is 1. The van der Waals surface area contributed by atoms with Gasteiger partial charge in [-0.2, -0.15) is 0 Å². The number of likely N-dealkylation sites (tertiary alicyclic amines) is 2. The number of thioether (sulfide) groups is 1. The first kappa shape index (κ1) is 68.9. The van der Waals surface area contributed by atoms with Gasteiger partial charge in [0, 0.05) is 63.1 Å². The fraction of sp³-hybridized carbons (Fsp3) is 0.629. The molecular formula is C62H96N9O12S+.